The topological polar surface area (TPSA) is 96.7 Å². The molecule has 0 saturated heterocycles. The number of nitrogens with zero attached hydrogens (tertiary/aromatic N) is 2. The molecule has 3 N–H and O–H groups in total. The molecular formula is C21H21N3O4. The first-order valence-corrected chi connectivity index (χ1v) is 8.80. The van der Waals surface area contributed by atoms with Gasteiger partial charge >= 0.3 is 0 Å². The Kier molecular flexibility index (Phi) is 6.63. The van der Waals surface area contributed by atoms with Gasteiger partial charge in [-0.1, -0.05) is 12.0 Å². The number of aliphatic hydroxyl groups is 2. The largest absolute Gasteiger partial charge is 0.487 e. The second-order valence-corrected chi connectivity index (χ2v) is 5.86. The zero-order chi connectivity index (χ0) is 19.8. The lowest BCUT2D eigenvalue weighted by atomic mass is 10.1. The molecule has 0 spiro atoms. The summed E-state index contributed by atoms with van der Waals surface area (Å²) < 4.78 is 11.1. The van der Waals surface area contributed by atoms with E-state index in [9.17, 15) is 0 Å². The number of hydrogen-bond acceptors (Lipinski definition) is 7. The predicted octanol–water partition coefficient (Wildman–Crippen LogP) is 1.97. The van der Waals surface area contributed by atoms with Gasteiger partial charge in [0.1, 0.15) is 19.5 Å². The molecule has 144 valence electrons. The highest BCUT2D eigenvalue weighted by atomic mass is 16.5. The Morgan fingerprint density at radius 1 is 1.00 bits per heavy atom. The van der Waals surface area contributed by atoms with E-state index in [4.69, 9.17) is 26.1 Å². The third-order valence-electron chi connectivity index (χ3n) is 3.97. The molecule has 3 aromatic rings. The minimum absolute atomic E-state index is 0.118. The van der Waals surface area contributed by atoms with Gasteiger partial charge in [-0.3, -0.25) is 0 Å². The second kappa shape index (κ2) is 9.55. The standard InChI is InChI=1S/C21H21N3O4/c1-2-15-4-3-5-16(10-15)22-13-19-17-11-20(27-8-6-25)21(28-9-7-26)12-18(17)23-14-24-19/h1,3-5,10-12,14,22,25-26H,6-9,13H2. The average Bonchev–Trinajstić information content (AvgIpc) is 2.74. The molecule has 0 aliphatic carbocycles. The molecule has 0 saturated carbocycles. The first kappa shape index (κ1) is 19.4. The van der Waals surface area contributed by atoms with E-state index >= 15 is 0 Å². The minimum atomic E-state index is -0.122. The molecule has 3 rings (SSSR count). The van der Waals surface area contributed by atoms with E-state index in [1.165, 1.54) is 6.33 Å². The van der Waals surface area contributed by atoms with Gasteiger partial charge in [0, 0.05) is 22.7 Å². The summed E-state index contributed by atoms with van der Waals surface area (Å²) in [5, 5.41) is 22.2. The third-order valence-corrected chi connectivity index (χ3v) is 3.97. The number of benzene rings is 2. The normalized spacial score (nSPS) is 10.5. The summed E-state index contributed by atoms with van der Waals surface area (Å²) in [6, 6.07) is 11.1. The third kappa shape index (κ3) is 4.68. The lowest BCUT2D eigenvalue weighted by Gasteiger charge is -2.14. The van der Waals surface area contributed by atoms with Crippen molar-refractivity contribution in [3.8, 4) is 23.8 Å². The van der Waals surface area contributed by atoms with Gasteiger partial charge in [-0.15, -0.1) is 6.42 Å². The maximum atomic E-state index is 9.06. The predicted molar refractivity (Wildman–Crippen MR) is 106 cm³/mol. The number of terminal acetylenes is 1. The van der Waals surface area contributed by atoms with Crippen molar-refractivity contribution in [1.82, 2.24) is 9.97 Å². The molecule has 0 fully saturated rings. The summed E-state index contributed by atoms with van der Waals surface area (Å²) >= 11 is 0. The fourth-order valence-electron chi connectivity index (χ4n) is 2.70. The van der Waals surface area contributed by atoms with Crippen molar-refractivity contribution >= 4 is 16.6 Å². The lowest BCUT2D eigenvalue weighted by Crippen LogP contribution is -2.08. The Bertz CT molecular complexity index is 985. The van der Waals surface area contributed by atoms with Crippen molar-refractivity contribution in [2.45, 2.75) is 6.54 Å². The van der Waals surface area contributed by atoms with Crippen LogP contribution in [0.4, 0.5) is 5.69 Å². The smallest absolute Gasteiger partial charge is 0.163 e. The molecule has 0 bridgehead atoms. The summed E-state index contributed by atoms with van der Waals surface area (Å²) in [4.78, 5) is 8.68. The van der Waals surface area contributed by atoms with Gasteiger partial charge < -0.3 is 25.0 Å². The number of hydrogen-bond donors (Lipinski definition) is 3. The Labute approximate surface area is 163 Å². The van der Waals surface area contributed by atoms with Gasteiger partial charge in [0.05, 0.1) is 31.0 Å². The van der Waals surface area contributed by atoms with Crippen molar-refractivity contribution in [3.63, 3.8) is 0 Å². The molecule has 7 nitrogen and oxygen atoms in total. The fraction of sp³-hybridized carbons (Fsp3) is 0.238. The molecule has 2 aromatic carbocycles. The molecular weight excluding hydrogens is 358 g/mol. The Hall–Kier alpha value is -3.34. The number of anilines is 1. The van der Waals surface area contributed by atoms with Crippen molar-refractivity contribution in [2.75, 3.05) is 31.7 Å². The van der Waals surface area contributed by atoms with Crippen LogP contribution in [0.15, 0.2) is 42.7 Å². The number of rotatable bonds is 9. The number of nitrogens with one attached hydrogen (secondary N) is 1. The van der Waals surface area contributed by atoms with Crippen LogP contribution < -0.4 is 14.8 Å². The first-order chi connectivity index (χ1) is 13.7. The van der Waals surface area contributed by atoms with Gasteiger partial charge in [-0.25, -0.2) is 9.97 Å². The molecule has 1 heterocycles. The second-order valence-electron chi connectivity index (χ2n) is 5.86. The van der Waals surface area contributed by atoms with E-state index in [2.05, 4.69) is 21.2 Å². The van der Waals surface area contributed by atoms with Gasteiger partial charge in [0.2, 0.25) is 0 Å². The van der Waals surface area contributed by atoms with Gasteiger partial charge in [0.15, 0.2) is 11.5 Å². The van der Waals surface area contributed by atoms with E-state index < -0.39 is 0 Å². The van der Waals surface area contributed by atoms with Crippen molar-refractivity contribution < 1.29 is 19.7 Å². The number of aliphatic hydroxyl groups excluding tert-OH is 2. The number of ether oxygens (including phenoxy) is 2. The van der Waals surface area contributed by atoms with E-state index in [-0.39, 0.29) is 26.4 Å². The monoisotopic (exact) mass is 379 g/mol. The Morgan fingerprint density at radius 3 is 2.46 bits per heavy atom. The summed E-state index contributed by atoms with van der Waals surface area (Å²) in [7, 11) is 0. The van der Waals surface area contributed by atoms with Crippen molar-refractivity contribution in [2.24, 2.45) is 0 Å². The molecule has 0 aliphatic heterocycles. The van der Waals surface area contributed by atoms with Crippen molar-refractivity contribution in [3.05, 3.63) is 54.0 Å². The molecule has 1 aromatic heterocycles. The highest BCUT2D eigenvalue weighted by Gasteiger charge is 2.12. The molecule has 0 unspecified atom stereocenters. The first-order valence-electron chi connectivity index (χ1n) is 8.80. The zero-order valence-corrected chi connectivity index (χ0v) is 15.3. The Morgan fingerprint density at radius 2 is 1.75 bits per heavy atom. The summed E-state index contributed by atoms with van der Waals surface area (Å²) in [5.41, 5.74) is 3.15. The molecule has 0 amide bonds. The van der Waals surface area contributed by atoms with Crippen LogP contribution in [0.3, 0.4) is 0 Å². The van der Waals surface area contributed by atoms with E-state index in [1.807, 2.05) is 24.3 Å². The number of aromatic nitrogens is 2. The van der Waals surface area contributed by atoms with Gasteiger partial charge in [-0.2, -0.15) is 0 Å². The van der Waals surface area contributed by atoms with Crippen molar-refractivity contribution in [1.29, 1.82) is 0 Å². The highest BCUT2D eigenvalue weighted by Crippen LogP contribution is 2.33. The Balaban J connectivity index is 1.90. The van der Waals surface area contributed by atoms with Crippen LogP contribution >= 0.6 is 0 Å². The minimum Gasteiger partial charge on any atom is -0.487 e. The van der Waals surface area contributed by atoms with Crippen LogP contribution in [0.25, 0.3) is 10.9 Å². The van der Waals surface area contributed by atoms with Gasteiger partial charge in [-0.05, 0) is 24.3 Å². The van der Waals surface area contributed by atoms with Crippen LogP contribution in [0, 0.1) is 12.3 Å². The molecule has 28 heavy (non-hydrogen) atoms. The average molecular weight is 379 g/mol. The van der Waals surface area contributed by atoms with Crippen LogP contribution in [-0.4, -0.2) is 46.6 Å². The SMILES string of the molecule is C#Cc1cccc(NCc2ncnc3cc(OCCO)c(OCCO)cc23)c1. The number of fused-ring (bicyclic) bond motifs is 1. The van der Waals surface area contributed by atoms with E-state index in [0.29, 0.717) is 23.6 Å². The lowest BCUT2D eigenvalue weighted by molar-refractivity contribution is 0.178. The summed E-state index contributed by atoms with van der Waals surface area (Å²) in [6.07, 6.45) is 6.94. The van der Waals surface area contributed by atoms with Crippen LogP contribution in [-0.2, 0) is 6.54 Å². The molecule has 0 aliphatic rings. The van der Waals surface area contributed by atoms with Gasteiger partial charge in [0.25, 0.3) is 0 Å². The van der Waals surface area contributed by atoms with Crippen LogP contribution in [0.1, 0.15) is 11.3 Å². The van der Waals surface area contributed by atoms with E-state index in [0.717, 1.165) is 22.3 Å². The summed E-state index contributed by atoms with van der Waals surface area (Å²) in [6.45, 7) is 0.478. The highest BCUT2D eigenvalue weighted by molar-refractivity contribution is 5.84. The molecule has 0 atom stereocenters. The van der Waals surface area contributed by atoms with Crippen LogP contribution in [0.5, 0.6) is 11.5 Å². The quantitative estimate of drug-likeness (QED) is 0.489. The van der Waals surface area contributed by atoms with Crippen LogP contribution in [0.2, 0.25) is 0 Å². The fourth-order valence-corrected chi connectivity index (χ4v) is 2.70. The maximum absolute atomic E-state index is 9.06. The summed E-state index contributed by atoms with van der Waals surface area (Å²) in [5.74, 6) is 3.52. The molecule has 0 radical (unpaired) electrons. The maximum Gasteiger partial charge on any atom is 0.163 e. The molecule has 7 heteroatoms. The zero-order valence-electron chi connectivity index (χ0n) is 15.3. The van der Waals surface area contributed by atoms with E-state index in [1.54, 1.807) is 12.1 Å².